The molecule has 1 aliphatic rings. The number of benzene rings is 4. The molecule has 196 valence electrons. The molecule has 0 fully saturated rings. The molecule has 7 heteroatoms. The molecule has 0 heterocycles. The number of carbonyl (C=O) groups is 2. The van der Waals surface area contributed by atoms with Gasteiger partial charge in [-0.25, -0.2) is 5.43 Å². The van der Waals surface area contributed by atoms with Crippen LogP contribution in [-0.2, 0) is 16.0 Å². The molecule has 0 saturated carbocycles. The van der Waals surface area contributed by atoms with Crippen molar-refractivity contribution in [3.8, 4) is 16.9 Å². The van der Waals surface area contributed by atoms with E-state index in [2.05, 4.69) is 40.1 Å². The van der Waals surface area contributed by atoms with Gasteiger partial charge in [-0.15, -0.1) is 11.8 Å². The summed E-state index contributed by atoms with van der Waals surface area (Å²) in [6, 6.07) is 33.9. The van der Waals surface area contributed by atoms with E-state index in [0.29, 0.717) is 18.0 Å². The zero-order valence-electron chi connectivity index (χ0n) is 21.4. The van der Waals surface area contributed by atoms with Crippen molar-refractivity contribution in [1.82, 2.24) is 10.7 Å². The van der Waals surface area contributed by atoms with Crippen LogP contribution in [0.25, 0.3) is 11.1 Å². The lowest BCUT2D eigenvalue weighted by molar-refractivity contribution is -0.123. The normalized spacial score (nSPS) is 12.1. The van der Waals surface area contributed by atoms with Gasteiger partial charge in [0.05, 0.1) is 17.2 Å². The first kappa shape index (κ1) is 26.3. The van der Waals surface area contributed by atoms with Gasteiger partial charge >= 0.3 is 0 Å². The number of hydrazone groups is 1. The molecule has 0 aromatic heterocycles. The minimum Gasteiger partial charge on any atom is -0.484 e. The highest BCUT2D eigenvalue weighted by Gasteiger charge is 2.28. The van der Waals surface area contributed by atoms with Crippen LogP contribution >= 0.6 is 11.8 Å². The zero-order valence-corrected chi connectivity index (χ0v) is 22.2. The molecule has 5 rings (SSSR count). The summed E-state index contributed by atoms with van der Waals surface area (Å²) < 4.78 is 5.57. The topological polar surface area (TPSA) is 79.8 Å². The second-order valence-electron chi connectivity index (χ2n) is 9.10. The first-order valence-electron chi connectivity index (χ1n) is 12.8. The lowest BCUT2D eigenvalue weighted by atomic mass is 10.1. The van der Waals surface area contributed by atoms with Crippen molar-refractivity contribution in [2.75, 3.05) is 18.9 Å². The van der Waals surface area contributed by atoms with Gasteiger partial charge in [-0.05, 0) is 64.1 Å². The summed E-state index contributed by atoms with van der Waals surface area (Å²) in [6.07, 6.45) is 2.36. The highest BCUT2D eigenvalue weighted by atomic mass is 32.2. The molecule has 0 radical (unpaired) electrons. The average Bonchev–Trinajstić information content (AvgIpc) is 3.30. The number of rotatable bonds is 11. The molecule has 2 N–H and O–H groups in total. The van der Waals surface area contributed by atoms with Gasteiger partial charge in [0.15, 0.2) is 6.61 Å². The fourth-order valence-corrected chi connectivity index (χ4v) is 5.65. The smallest absolute Gasteiger partial charge is 0.257 e. The number of thioether (sulfide) groups is 1. The van der Waals surface area contributed by atoms with Crippen LogP contribution in [0.5, 0.6) is 5.75 Å². The van der Waals surface area contributed by atoms with Crippen LogP contribution in [0.3, 0.4) is 0 Å². The highest BCUT2D eigenvalue weighted by molar-refractivity contribution is 8.00. The molecule has 4 aromatic rings. The van der Waals surface area contributed by atoms with E-state index in [9.17, 15) is 9.59 Å². The maximum Gasteiger partial charge on any atom is 0.257 e. The molecule has 39 heavy (non-hydrogen) atoms. The zero-order chi connectivity index (χ0) is 26.9. The van der Waals surface area contributed by atoms with E-state index >= 15 is 0 Å². The minimum absolute atomic E-state index is 0.0497. The number of amides is 2. The third kappa shape index (κ3) is 6.94. The van der Waals surface area contributed by atoms with Crippen molar-refractivity contribution in [1.29, 1.82) is 0 Å². The molecule has 0 aliphatic heterocycles. The summed E-state index contributed by atoms with van der Waals surface area (Å²) in [6.45, 7) is 0.513. The van der Waals surface area contributed by atoms with E-state index in [0.717, 1.165) is 12.0 Å². The molecule has 0 unspecified atom stereocenters. The van der Waals surface area contributed by atoms with Crippen LogP contribution in [0.15, 0.2) is 108 Å². The van der Waals surface area contributed by atoms with E-state index in [1.54, 1.807) is 30.1 Å². The maximum absolute atomic E-state index is 12.5. The van der Waals surface area contributed by atoms with Gasteiger partial charge in [0, 0.05) is 6.54 Å². The van der Waals surface area contributed by atoms with E-state index in [1.165, 1.54) is 27.8 Å². The molecule has 0 bridgehead atoms. The lowest BCUT2D eigenvalue weighted by Gasteiger charge is -2.12. The van der Waals surface area contributed by atoms with Crippen molar-refractivity contribution >= 4 is 29.8 Å². The number of hydrogen-bond acceptors (Lipinski definition) is 5. The summed E-state index contributed by atoms with van der Waals surface area (Å²) in [4.78, 5) is 24.5. The van der Waals surface area contributed by atoms with Crippen LogP contribution in [0.1, 0.15) is 27.5 Å². The summed E-state index contributed by atoms with van der Waals surface area (Å²) >= 11 is 1.60. The predicted molar refractivity (Wildman–Crippen MR) is 157 cm³/mol. The third-order valence-corrected chi connectivity index (χ3v) is 7.66. The van der Waals surface area contributed by atoms with E-state index in [1.807, 2.05) is 66.7 Å². The van der Waals surface area contributed by atoms with Gasteiger partial charge in [-0.2, -0.15) is 5.10 Å². The van der Waals surface area contributed by atoms with E-state index in [4.69, 9.17) is 4.74 Å². The summed E-state index contributed by atoms with van der Waals surface area (Å²) in [5, 5.41) is 7.09. The molecule has 4 aromatic carbocycles. The Morgan fingerprint density at radius 3 is 2.13 bits per heavy atom. The standard InChI is InChI=1S/C32H29N3O3S/c36-30(33-19-18-23-8-2-1-3-9-23)21-38-25-16-14-24(15-17-25)20-34-35-31(37)22-39-32-28-12-6-4-10-26(28)27-11-5-7-13-29(27)32/h1-17,20,32H,18-19,21-22H2,(H,33,36)(H,35,37)/b34-20-. The number of ether oxygens (including phenoxy) is 1. The molecule has 2 amide bonds. The van der Waals surface area contributed by atoms with Crippen molar-refractivity contribution in [3.05, 3.63) is 125 Å². The van der Waals surface area contributed by atoms with Crippen molar-refractivity contribution in [2.24, 2.45) is 5.10 Å². The third-order valence-electron chi connectivity index (χ3n) is 6.39. The summed E-state index contributed by atoms with van der Waals surface area (Å²) in [5.41, 5.74) is 9.56. The Balaban J connectivity index is 1.03. The van der Waals surface area contributed by atoms with Gasteiger partial charge in [0.1, 0.15) is 5.75 Å². The molecular weight excluding hydrogens is 506 g/mol. The number of carbonyl (C=O) groups excluding carboxylic acids is 2. The first-order chi connectivity index (χ1) is 19.2. The quantitative estimate of drug-likeness (QED) is 0.200. The molecule has 6 nitrogen and oxygen atoms in total. The van der Waals surface area contributed by atoms with Gasteiger partial charge in [-0.3, -0.25) is 9.59 Å². The molecule has 1 aliphatic carbocycles. The molecular formula is C32H29N3O3S. The second kappa shape index (κ2) is 12.9. The summed E-state index contributed by atoms with van der Waals surface area (Å²) in [5.74, 6) is 0.561. The Hall–Kier alpha value is -4.36. The van der Waals surface area contributed by atoms with E-state index < -0.39 is 0 Å². The van der Waals surface area contributed by atoms with Crippen LogP contribution in [0, 0.1) is 0 Å². The largest absolute Gasteiger partial charge is 0.484 e. The number of nitrogens with zero attached hydrogens (tertiary/aromatic N) is 1. The number of nitrogens with one attached hydrogen (secondary N) is 2. The predicted octanol–water partition coefficient (Wildman–Crippen LogP) is 5.38. The Labute approximate surface area is 232 Å². The lowest BCUT2D eigenvalue weighted by Crippen LogP contribution is -2.30. The number of hydrogen-bond donors (Lipinski definition) is 2. The fraction of sp³-hybridized carbons (Fsp3) is 0.156. The van der Waals surface area contributed by atoms with Crippen LogP contribution < -0.4 is 15.5 Å². The Bertz CT molecular complexity index is 1410. The highest BCUT2D eigenvalue weighted by Crippen LogP contribution is 2.49. The Morgan fingerprint density at radius 2 is 1.44 bits per heavy atom. The van der Waals surface area contributed by atoms with Gasteiger partial charge in [0.25, 0.3) is 5.91 Å². The van der Waals surface area contributed by atoms with Crippen molar-refractivity contribution in [2.45, 2.75) is 11.7 Å². The monoisotopic (exact) mass is 535 g/mol. The average molecular weight is 536 g/mol. The first-order valence-corrected chi connectivity index (χ1v) is 13.9. The maximum atomic E-state index is 12.5. The molecule has 0 spiro atoms. The molecule has 0 saturated heterocycles. The minimum atomic E-state index is -0.165. The Morgan fingerprint density at radius 1 is 0.795 bits per heavy atom. The SMILES string of the molecule is O=C(COc1ccc(/C=N\NC(=O)CSC2c3ccccc3-c3ccccc32)cc1)NCCc1ccccc1. The van der Waals surface area contributed by atoms with Gasteiger partial charge in [-0.1, -0.05) is 78.9 Å². The van der Waals surface area contributed by atoms with Crippen LogP contribution in [0.2, 0.25) is 0 Å². The second-order valence-corrected chi connectivity index (χ2v) is 10.2. The van der Waals surface area contributed by atoms with Gasteiger partial charge in [0.2, 0.25) is 5.91 Å². The van der Waals surface area contributed by atoms with Crippen LogP contribution in [-0.4, -0.2) is 36.9 Å². The van der Waals surface area contributed by atoms with Crippen molar-refractivity contribution < 1.29 is 14.3 Å². The van der Waals surface area contributed by atoms with Gasteiger partial charge < -0.3 is 10.1 Å². The van der Waals surface area contributed by atoms with E-state index in [-0.39, 0.29) is 23.7 Å². The molecule has 0 atom stereocenters. The van der Waals surface area contributed by atoms with Crippen molar-refractivity contribution in [3.63, 3.8) is 0 Å². The number of fused-ring (bicyclic) bond motifs is 3. The fourth-order valence-electron chi connectivity index (χ4n) is 4.50. The van der Waals surface area contributed by atoms with Crippen LogP contribution in [0.4, 0.5) is 0 Å². The Kier molecular flexibility index (Phi) is 8.71. The summed E-state index contributed by atoms with van der Waals surface area (Å²) in [7, 11) is 0.